The van der Waals surface area contributed by atoms with E-state index < -0.39 is 5.91 Å². The molecule has 3 rings (SSSR count). The number of carbonyl (C=O) groups is 1. The van der Waals surface area contributed by atoms with Crippen molar-refractivity contribution in [2.75, 3.05) is 12.4 Å². The van der Waals surface area contributed by atoms with Gasteiger partial charge in [-0.25, -0.2) is 4.39 Å². The molecule has 1 amide bonds. The van der Waals surface area contributed by atoms with Gasteiger partial charge >= 0.3 is 0 Å². The molecule has 1 N–H and O–H groups in total. The van der Waals surface area contributed by atoms with Crippen LogP contribution in [0.3, 0.4) is 0 Å². The Kier molecular flexibility index (Phi) is 7.47. The van der Waals surface area contributed by atoms with Gasteiger partial charge in [-0.1, -0.05) is 35.9 Å². The third kappa shape index (κ3) is 5.98. The molecule has 3 aromatic carbocycles. The highest BCUT2D eigenvalue weighted by molar-refractivity contribution is 6.10. The summed E-state index contributed by atoms with van der Waals surface area (Å²) in [6.07, 6.45) is 1.50. The number of nitrogens with zero attached hydrogens (tertiary/aromatic N) is 1. The molecule has 0 saturated heterocycles. The Balaban J connectivity index is 1.78. The lowest BCUT2D eigenvalue weighted by molar-refractivity contribution is -0.112. The van der Waals surface area contributed by atoms with Gasteiger partial charge in [-0.05, 0) is 73.4 Å². The van der Waals surface area contributed by atoms with E-state index in [1.807, 2.05) is 39.0 Å². The smallest absolute Gasteiger partial charge is 0.266 e. The summed E-state index contributed by atoms with van der Waals surface area (Å²) in [6.45, 7) is 6.07. The maximum Gasteiger partial charge on any atom is 0.266 e. The van der Waals surface area contributed by atoms with E-state index in [-0.39, 0.29) is 18.0 Å². The number of halogens is 1. The van der Waals surface area contributed by atoms with E-state index in [0.717, 1.165) is 22.3 Å². The number of amides is 1. The molecule has 0 bridgehead atoms. The Bertz CT molecular complexity index is 1220. The topological polar surface area (TPSA) is 71.3 Å². The number of methoxy groups -OCH3 is 1. The van der Waals surface area contributed by atoms with Crippen molar-refractivity contribution in [3.05, 3.63) is 93.8 Å². The van der Waals surface area contributed by atoms with Gasteiger partial charge in [0.25, 0.3) is 5.91 Å². The van der Waals surface area contributed by atoms with Gasteiger partial charge in [0.2, 0.25) is 0 Å². The summed E-state index contributed by atoms with van der Waals surface area (Å²) in [7, 11) is 1.51. The van der Waals surface area contributed by atoms with Crippen LogP contribution in [-0.4, -0.2) is 13.0 Å². The summed E-state index contributed by atoms with van der Waals surface area (Å²) in [4.78, 5) is 12.8. The highest BCUT2D eigenvalue weighted by Crippen LogP contribution is 2.30. The number of rotatable bonds is 7. The second-order valence-electron chi connectivity index (χ2n) is 7.72. The summed E-state index contributed by atoms with van der Waals surface area (Å²) >= 11 is 0. The zero-order chi connectivity index (χ0) is 24.0. The van der Waals surface area contributed by atoms with Crippen molar-refractivity contribution in [2.45, 2.75) is 27.4 Å². The first kappa shape index (κ1) is 23.6. The summed E-state index contributed by atoms with van der Waals surface area (Å²) in [5.41, 5.74) is 5.07. The van der Waals surface area contributed by atoms with Gasteiger partial charge in [0.1, 0.15) is 24.1 Å². The fourth-order valence-electron chi connectivity index (χ4n) is 3.51. The predicted molar refractivity (Wildman–Crippen MR) is 127 cm³/mol. The van der Waals surface area contributed by atoms with E-state index >= 15 is 0 Å². The number of hydrogen-bond acceptors (Lipinski definition) is 4. The Hall–Kier alpha value is -4.11. The van der Waals surface area contributed by atoms with Crippen molar-refractivity contribution in [3.8, 4) is 17.6 Å². The van der Waals surface area contributed by atoms with Crippen molar-refractivity contribution in [2.24, 2.45) is 0 Å². The van der Waals surface area contributed by atoms with Crippen LogP contribution < -0.4 is 14.8 Å². The maximum atomic E-state index is 13.1. The highest BCUT2D eigenvalue weighted by Gasteiger charge is 2.14. The van der Waals surface area contributed by atoms with E-state index in [9.17, 15) is 14.4 Å². The van der Waals surface area contributed by atoms with E-state index in [0.29, 0.717) is 22.7 Å². The molecule has 0 heterocycles. The van der Waals surface area contributed by atoms with Crippen molar-refractivity contribution in [3.63, 3.8) is 0 Å². The van der Waals surface area contributed by atoms with Gasteiger partial charge in [-0.15, -0.1) is 0 Å². The largest absolute Gasteiger partial charge is 0.493 e. The standard InChI is InChI=1S/C27H25FN2O3/c1-17-11-18(2)26(19(3)12-17)30-27(31)22(15-29)13-21-7-10-24(25(14-21)32-4)33-16-20-5-8-23(28)9-6-20/h5-14H,16H2,1-4H3,(H,30,31). The molecular formula is C27H25FN2O3. The number of aryl methyl sites for hydroxylation is 3. The van der Waals surface area contributed by atoms with Gasteiger partial charge in [-0.3, -0.25) is 4.79 Å². The maximum absolute atomic E-state index is 13.1. The zero-order valence-electron chi connectivity index (χ0n) is 19.0. The van der Waals surface area contributed by atoms with Crippen LogP contribution in [0, 0.1) is 37.9 Å². The number of hydrogen-bond donors (Lipinski definition) is 1. The molecule has 0 fully saturated rings. The third-order valence-corrected chi connectivity index (χ3v) is 5.09. The normalized spacial score (nSPS) is 11.0. The average Bonchev–Trinajstić information content (AvgIpc) is 2.79. The fourth-order valence-corrected chi connectivity index (χ4v) is 3.51. The van der Waals surface area contributed by atoms with Crippen molar-refractivity contribution in [1.29, 1.82) is 5.26 Å². The van der Waals surface area contributed by atoms with Crippen molar-refractivity contribution < 1.29 is 18.7 Å². The van der Waals surface area contributed by atoms with Crippen LogP contribution in [0.2, 0.25) is 0 Å². The van der Waals surface area contributed by atoms with Crippen LogP contribution in [-0.2, 0) is 11.4 Å². The van der Waals surface area contributed by atoms with Crippen LogP contribution in [0.1, 0.15) is 27.8 Å². The second-order valence-corrected chi connectivity index (χ2v) is 7.72. The van der Waals surface area contributed by atoms with Crippen molar-refractivity contribution in [1.82, 2.24) is 0 Å². The number of nitriles is 1. The lowest BCUT2D eigenvalue weighted by Crippen LogP contribution is -2.15. The van der Waals surface area contributed by atoms with E-state index in [1.54, 1.807) is 30.3 Å². The Labute approximate surface area is 193 Å². The van der Waals surface area contributed by atoms with Gasteiger partial charge in [0.15, 0.2) is 11.5 Å². The molecular weight excluding hydrogens is 419 g/mol. The average molecular weight is 445 g/mol. The molecule has 168 valence electrons. The summed E-state index contributed by atoms with van der Waals surface area (Å²) in [5, 5.41) is 12.4. The molecule has 3 aromatic rings. The Morgan fingerprint density at radius 1 is 1.03 bits per heavy atom. The number of benzene rings is 3. The third-order valence-electron chi connectivity index (χ3n) is 5.09. The number of nitrogens with one attached hydrogen (secondary N) is 1. The molecule has 0 radical (unpaired) electrons. The molecule has 0 aliphatic heterocycles. The van der Waals surface area contributed by atoms with Gasteiger partial charge in [-0.2, -0.15) is 5.26 Å². The van der Waals surface area contributed by atoms with Crippen LogP contribution in [0.15, 0.2) is 60.2 Å². The van der Waals surface area contributed by atoms with E-state index in [4.69, 9.17) is 9.47 Å². The van der Waals surface area contributed by atoms with E-state index in [1.165, 1.54) is 25.3 Å². The molecule has 0 unspecified atom stereocenters. The molecule has 33 heavy (non-hydrogen) atoms. The molecule has 5 nitrogen and oxygen atoms in total. The zero-order valence-corrected chi connectivity index (χ0v) is 19.0. The molecule has 0 saturated carbocycles. The molecule has 0 aliphatic rings. The number of anilines is 1. The Morgan fingerprint density at radius 2 is 1.70 bits per heavy atom. The molecule has 0 spiro atoms. The summed E-state index contributed by atoms with van der Waals surface area (Å²) < 4.78 is 24.3. The first-order chi connectivity index (χ1) is 15.8. The highest BCUT2D eigenvalue weighted by atomic mass is 19.1. The Morgan fingerprint density at radius 3 is 2.30 bits per heavy atom. The van der Waals surface area contributed by atoms with Crippen LogP contribution in [0.4, 0.5) is 10.1 Å². The fraction of sp³-hybridized carbons (Fsp3) is 0.185. The van der Waals surface area contributed by atoms with Gasteiger partial charge in [0, 0.05) is 5.69 Å². The SMILES string of the molecule is COc1cc(C=C(C#N)C(=O)Nc2c(C)cc(C)cc2C)ccc1OCc1ccc(F)cc1. The van der Waals surface area contributed by atoms with Crippen LogP contribution >= 0.6 is 0 Å². The molecule has 6 heteroatoms. The lowest BCUT2D eigenvalue weighted by Gasteiger charge is -2.13. The predicted octanol–water partition coefficient (Wildman–Crippen LogP) is 5.88. The monoisotopic (exact) mass is 444 g/mol. The molecule has 0 atom stereocenters. The van der Waals surface area contributed by atoms with Gasteiger partial charge in [0.05, 0.1) is 7.11 Å². The molecule has 0 aliphatic carbocycles. The summed E-state index contributed by atoms with van der Waals surface area (Å²) in [5.74, 6) is 0.155. The minimum Gasteiger partial charge on any atom is -0.493 e. The van der Waals surface area contributed by atoms with Crippen molar-refractivity contribution >= 4 is 17.7 Å². The number of ether oxygens (including phenoxy) is 2. The quantitative estimate of drug-likeness (QED) is 0.365. The van der Waals surface area contributed by atoms with Crippen LogP contribution in [0.5, 0.6) is 11.5 Å². The summed E-state index contributed by atoms with van der Waals surface area (Å²) in [6, 6.07) is 17.1. The second kappa shape index (κ2) is 10.5. The van der Waals surface area contributed by atoms with Crippen LogP contribution in [0.25, 0.3) is 6.08 Å². The minimum absolute atomic E-state index is 0.0311. The number of carbonyl (C=O) groups excluding carboxylic acids is 1. The first-order valence-electron chi connectivity index (χ1n) is 10.4. The van der Waals surface area contributed by atoms with E-state index in [2.05, 4.69) is 5.32 Å². The van der Waals surface area contributed by atoms with Gasteiger partial charge < -0.3 is 14.8 Å². The minimum atomic E-state index is -0.483. The lowest BCUT2D eigenvalue weighted by atomic mass is 10.0. The first-order valence-corrected chi connectivity index (χ1v) is 10.4. The molecule has 0 aromatic heterocycles.